The molecule has 0 unspecified atom stereocenters. The summed E-state index contributed by atoms with van der Waals surface area (Å²) in [7, 11) is 0. The normalized spacial score (nSPS) is 17.5. The van der Waals surface area contributed by atoms with Gasteiger partial charge < -0.3 is 4.74 Å². The predicted octanol–water partition coefficient (Wildman–Crippen LogP) is 5.75. The van der Waals surface area contributed by atoms with Gasteiger partial charge in [-0.3, -0.25) is 0 Å². The highest BCUT2D eigenvalue weighted by Crippen LogP contribution is 2.32. The summed E-state index contributed by atoms with van der Waals surface area (Å²) in [6.07, 6.45) is 8.17. The molecule has 0 N–H and O–H groups in total. The number of aryl methyl sites for hydroxylation is 1. The second kappa shape index (κ2) is 6.95. The quantitative estimate of drug-likeness (QED) is 0.482. The first-order valence-electron chi connectivity index (χ1n) is 6.72. The average Bonchev–Trinajstić information content (AvgIpc) is 2.60. The highest BCUT2D eigenvalue weighted by atomic mass is 79.9. The molecule has 0 radical (unpaired) electrons. The zero-order valence-corrected chi connectivity index (χ0v) is 14.0. The minimum atomic E-state index is 0.408. The van der Waals surface area contributed by atoms with Crippen molar-refractivity contribution in [2.75, 3.05) is 0 Å². The Morgan fingerprint density at radius 2 is 1.83 bits per heavy atom. The molecule has 0 atom stereocenters. The fourth-order valence-electron chi connectivity index (χ4n) is 2.59. The van der Waals surface area contributed by atoms with E-state index in [9.17, 15) is 0 Å². The van der Waals surface area contributed by atoms with Crippen molar-refractivity contribution in [1.82, 2.24) is 0 Å². The van der Waals surface area contributed by atoms with E-state index < -0.39 is 0 Å². The van der Waals surface area contributed by atoms with Gasteiger partial charge in [-0.2, -0.15) is 0 Å². The summed E-state index contributed by atoms with van der Waals surface area (Å²) in [5.41, 5.74) is 2.47. The molecule has 1 aliphatic rings. The van der Waals surface area contributed by atoms with E-state index >= 15 is 0 Å². The lowest BCUT2D eigenvalue weighted by Gasteiger charge is -2.21. The van der Waals surface area contributed by atoms with Crippen LogP contribution in [0.15, 0.2) is 16.6 Å². The third-order valence-corrected chi connectivity index (χ3v) is 4.61. The average molecular weight is 376 g/mol. The summed E-state index contributed by atoms with van der Waals surface area (Å²) >= 11 is 7.11. The summed E-state index contributed by atoms with van der Waals surface area (Å²) in [5.74, 6) is 1.09. The van der Waals surface area contributed by atoms with Gasteiger partial charge in [0.25, 0.3) is 0 Å². The van der Waals surface area contributed by atoms with Crippen molar-refractivity contribution in [2.24, 2.45) is 0 Å². The molecule has 0 aliphatic heterocycles. The van der Waals surface area contributed by atoms with Crippen LogP contribution in [0.5, 0.6) is 5.75 Å². The Labute approximate surface area is 127 Å². The molecule has 0 bridgehead atoms. The first-order valence-corrected chi connectivity index (χ1v) is 8.64. The van der Waals surface area contributed by atoms with Gasteiger partial charge in [-0.05, 0) is 50.3 Å². The molecule has 0 saturated heterocycles. The van der Waals surface area contributed by atoms with E-state index in [4.69, 9.17) is 4.74 Å². The molecule has 100 valence electrons. The van der Waals surface area contributed by atoms with Crippen LogP contribution >= 0.6 is 31.9 Å². The highest BCUT2D eigenvalue weighted by molar-refractivity contribution is 9.10. The van der Waals surface area contributed by atoms with Gasteiger partial charge in [-0.25, -0.2) is 0 Å². The minimum absolute atomic E-state index is 0.408. The zero-order chi connectivity index (χ0) is 13.0. The van der Waals surface area contributed by atoms with Gasteiger partial charge in [0, 0.05) is 15.4 Å². The van der Waals surface area contributed by atoms with E-state index in [-0.39, 0.29) is 0 Å². The standard InChI is InChI=1S/C15H20Br2O/c1-11-8-13(17)9-12(10-16)15(11)18-14-6-4-2-3-5-7-14/h8-9,14H,2-7,10H2,1H3. The zero-order valence-electron chi connectivity index (χ0n) is 10.8. The highest BCUT2D eigenvalue weighted by Gasteiger charge is 2.17. The summed E-state index contributed by atoms with van der Waals surface area (Å²) in [6, 6.07) is 4.28. The fraction of sp³-hybridized carbons (Fsp3) is 0.600. The van der Waals surface area contributed by atoms with Crippen molar-refractivity contribution >= 4 is 31.9 Å². The summed E-state index contributed by atoms with van der Waals surface area (Å²) in [4.78, 5) is 0. The molecule has 0 aromatic heterocycles. The lowest BCUT2D eigenvalue weighted by molar-refractivity contribution is 0.181. The number of halogens is 2. The number of benzene rings is 1. The van der Waals surface area contributed by atoms with Crippen molar-refractivity contribution in [3.63, 3.8) is 0 Å². The van der Waals surface area contributed by atoms with Gasteiger partial charge in [0.2, 0.25) is 0 Å². The molecule has 18 heavy (non-hydrogen) atoms. The van der Waals surface area contributed by atoms with Crippen molar-refractivity contribution < 1.29 is 4.74 Å². The Hall–Kier alpha value is -0.0200. The van der Waals surface area contributed by atoms with E-state index in [1.54, 1.807) is 0 Å². The Balaban J connectivity index is 2.16. The van der Waals surface area contributed by atoms with Gasteiger partial charge >= 0.3 is 0 Å². The lowest BCUT2D eigenvalue weighted by Crippen LogP contribution is -2.16. The maximum atomic E-state index is 6.29. The third kappa shape index (κ3) is 3.74. The first-order chi connectivity index (χ1) is 8.70. The van der Waals surface area contributed by atoms with E-state index in [0.717, 1.165) is 15.6 Å². The molecule has 0 heterocycles. The Bertz CT molecular complexity index is 396. The smallest absolute Gasteiger partial charge is 0.126 e. The molecular formula is C15H20Br2O. The molecule has 2 rings (SSSR count). The van der Waals surface area contributed by atoms with Crippen LogP contribution in [-0.4, -0.2) is 6.10 Å². The summed E-state index contributed by atoms with van der Waals surface area (Å²) in [6.45, 7) is 2.13. The van der Waals surface area contributed by atoms with Crippen molar-refractivity contribution in [2.45, 2.75) is 56.9 Å². The van der Waals surface area contributed by atoms with Crippen molar-refractivity contribution in [3.05, 3.63) is 27.7 Å². The third-order valence-electron chi connectivity index (χ3n) is 3.55. The van der Waals surface area contributed by atoms with Crippen LogP contribution < -0.4 is 4.74 Å². The SMILES string of the molecule is Cc1cc(Br)cc(CBr)c1OC1CCCCCC1. The number of rotatable bonds is 3. The van der Waals surface area contributed by atoms with E-state index in [0.29, 0.717) is 6.10 Å². The van der Waals surface area contributed by atoms with Crippen LogP contribution in [0.25, 0.3) is 0 Å². The molecule has 3 heteroatoms. The van der Waals surface area contributed by atoms with Crippen molar-refractivity contribution in [1.29, 1.82) is 0 Å². The van der Waals surface area contributed by atoms with Crippen LogP contribution in [0.2, 0.25) is 0 Å². The van der Waals surface area contributed by atoms with Gasteiger partial charge in [-0.15, -0.1) is 0 Å². The van der Waals surface area contributed by atoms with E-state index in [1.165, 1.54) is 49.7 Å². The maximum Gasteiger partial charge on any atom is 0.126 e. The van der Waals surface area contributed by atoms with E-state index in [1.807, 2.05) is 0 Å². The molecule has 1 fully saturated rings. The number of ether oxygens (including phenoxy) is 1. The molecule has 0 amide bonds. The Kier molecular flexibility index (Phi) is 5.56. The molecule has 0 spiro atoms. The van der Waals surface area contributed by atoms with Crippen LogP contribution in [0.1, 0.15) is 49.7 Å². The fourth-order valence-corrected chi connectivity index (χ4v) is 3.63. The summed E-state index contributed by atoms with van der Waals surface area (Å²) in [5, 5.41) is 0.843. The van der Waals surface area contributed by atoms with Crippen LogP contribution in [0, 0.1) is 6.92 Å². The molecule has 1 nitrogen and oxygen atoms in total. The largest absolute Gasteiger partial charge is 0.490 e. The van der Waals surface area contributed by atoms with E-state index in [2.05, 4.69) is 50.9 Å². The number of hydrogen-bond acceptors (Lipinski definition) is 1. The van der Waals surface area contributed by atoms with Crippen LogP contribution in [0.3, 0.4) is 0 Å². The number of alkyl halides is 1. The molecule has 1 saturated carbocycles. The van der Waals surface area contributed by atoms with Gasteiger partial charge in [0.05, 0.1) is 6.10 Å². The molecule has 1 aromatic carbocycles. The lowest BCUT2D eigenvalue weighted by atomic mass is 10.1. The second-order valence-electron chi connectivity index (χ2n) is 5.08. The Morgan fingerprint density at radius 1 is 1.17 bits per heavy atom. The minimum Gasteiger partial charge on any atom is -0.490 e. The van der Waals surface area contributed by atoms with Gasteiger partial charge in [-0.1, -0.05) is 44.7 Å². The summed E-state index contributed by atoms with van der Waals surface area (Å²) < 4.78 is 7.42. The predicted molar refractivity (Wildman–Crippen MR) is 83.6 cm³/mol. The topological polar surface area (TPSA) is 9.23 Å². The molecule has 1 aliphatic carbocycles. The maximum absolute atomic E-state index is 6.29. The number of hydrogen-bond donors (Lipinski definition) is 0. The molecule has 1 aromatic rings. The van der Waals surface area contributed by atoms with Gasteiger partial charge in [0.1, 0.15) is 5.75 Å². The molecular weight excluding hydrogens is 356 g/mol. The van der Waals surface area contributed by atoms with Crippen molar-refractivity contribution in [3.8, 4) is 5.75 Å². The van der Waals surface area contributed by atoms with Gasteiger partial charge in [0.15, 0.2) is 0 Å². The first kappa shape index (κ1) is 14.4. The second-order valence-corrected chi connectivity index (χ2v) is 6.55. The van der Waals surface area contributed by atoms with Crippen LogP contribution in [-0.2, 0) is 5.33 Å². The monoisotopic (exact) mass is 374 g/mol. The Morgan fingerprint density at radius 3 is 2.44 bits per heavy atom. The van der Waals surface area contributed by atoms with Crippen LogP contribution in [0.4, 0.5) is 0 Å².